The molecule has 2 rings (SSSR count). The molecule has 0 aliphatic rings. The summed E-state index contributed by atoms with van der Waals surface area (Å²) >= 11 is 0. The van der Waals surface area contributed by atoms with Crippen LogP contribution in [0.15, 0.2) is 30.6 Å². The lowest BCUT2D eigenvalue weighted by Gasteiger charge is -2.13. The molecular formula is C15H19N3O2. The number of nitrogens with two attached hydrogens (primary N) is 1. The smallest absolute Gasteiger partial charge is 0.340 e. The van der Waals surface area contributed by atoms with E-state index in [1.54, 1.807) is 25.3 Å². The Labute approximate surface area is 118 Å². The third-order valence-electron chi connectivity index (χ3n) is 2.97. The van der Waals surface area contributed by atoms with E-state index in [4.69, 9.17) is 10.5 Å². The van der Waals surface area contributed by atoms with E-state index in [-0.39, 0.29) is 5.97 Å². The van der Waals surface area contributed by atoms with Crippen LogP contribution >= 0.6 is 0 Å². The average Bonchev–Trinajstić information content (AvgIpc) is 2.87. The Balaban J connectivity index is 2.50. The van der Waals surface area contributed by atoms with Gasteiger partial charge >= 0.3 is 5.97 Å². The SMILES string of the molecule is CCCc1nccn1-c1ccc(N)cc1C(=O)OCC. The average molecular weight is 273 g/mol. The standard InChI is InChI=1S/C15H19N3O2/c1-3-5-14-17-8-9-18(14)13-7-6-11(16)10-12(13)15(19)20-4-2/h6-10H,3-5,16H2,1-2H3. The van der Waals surface area contributed by atoms with Gasteiger partial charge in [0, 0.05) is 24.5 Å². The van der Waals surface area contributed by atoms with E-state index in [0.717, 1.165) is 24.4 Å². The summed E-state index contributed by atoms with van der Waals surface area (Å²) < 4.78 is 7.01. The van der Waals surface area contributed by atoms with Crippen LogP contribution < -0.4 is 5.73 Å². The van der Waals surface area contributed by atoms with E-state index < -0.39 is 0 Å². The molecule has 0 aliphatic heterocycles. The lowest BCUT2D eigenvalue weighted by molar-refractivity contribution is 0.0526. The van der Waals surface area contributed by atoms with Gasteiger partial charge in [-0.2, -0.15) is 0 Å². The van der Waals surface area contributed by atoms with Gasteiger partial charge in [-0.25, -0.2) is 9.78 Å². The molecule has 5 heteroatoms. The first-order valence-corrected chi connectivity index (χ1v) is 6.76. The van der Waals surface area contributed by atoms with Crippen molar-refractivity contribution in [2.45, 2.75) is 26.7 Å². The fraction of sp³-hybridized carbons (Fsp3) is 0.333. The Kier molecular flexibility index (Phi) is 4.40. The summed E-state index contributed by atoms with van der Waals surface area (Å²) in [6.07, 6.45) is 5.41. The molecule has 0 amide bonds. The quantitative estimate of drug-likeness (QED) is 0.671. The van der Waals surface area contributed by atoms with Crippen molar-refractivity contribution in [3.63, 3.8) is 0 Å². The molecule has 2 aromatic rings. The van der Waals surface area contributed by atoms with Gasteiger partial charge in [0.15, 0.2) is 0 Å². The molecule has 0 aliphatic carbocycles. The number of carbonyl (C=O) groups is 1. The van der Waals surface area contributed by atoms with Crippen molar-refractivity contribution in [1.82, 2.24) is 9.55 Å². The predicted octanol–water partition coefficient (Wildman–Crippen LogP) is 2.58. The van der Waals surface area contributed by atoms with E-state index in [0.29, 0.717) is 17.9 Å². The van der Waals surface area contributed by atoms with Crippen molar-refractivity contribution in [1.29, 1.82) is 0 Å². The number of nitrogen functional groups attached to an aromatic ring is 1. The van der Waals surface area contributed by atoms with Crippen LogP contribution in [-0.4, -0.2) is 22.1 Å². The summed E-state index contributed by atoms with van der Waals surface area (Å²) in [6.45, 7) is 4.21. The number of imidazole rings is 1. The molecule has 0 bridgehead atoms. The van der Waals surface area contributed by atoms with Crippen molar-refractivity contribution in [2.24, 2.45) is 0 Å². The van der Waals surface area contributed by atoms with E-state index in [1.807, 2.05) is 16.8 Å². The minimum atomic E-state index is -0.369. The van der Waals surface area contributed by atoms with Gasteiger partial charge in [0.05, 0.1) is 17.9 Å². The third kappa shape index (κ3) is 2.82. The Morgan fingerprint density at radius 2 is 2.20 bits per heavy atom. The molecule has 0 saturated carbocycles. The van der Waals surface area contributed by atoms with Crippen molar-refractivity contribution < 1.29 is 9.53 Å². The minimum Gasteiger partial charge on any atom is -0.462 e. The van der Waals surface area contributed by atoms with Crippen LogP contribution in [0.2, 0.25) is 0 Å². The molecule has 1 aromatic heterocycles. The Hall–Kier alpha value is -2.30. The maximum Gasteiger partial charge on any atom is 0.340 e. The second-order valence-corrected chi connectivity index (χ2v) is 4.46. The molecule has 1 heterocycles. The number of ether oxygens (including phenoxy) is 1. The highest BCUT2D eigenvalue weighted by Gasteiger charge is 2.16. The molecule has 2 N–H and O–H groups in total. The molecule has 20 heavy (non-hydrogen) atoms. The van der Waals surface area contributed by atoms with Gasteiger partial charge in [-0.05, 0) is 31.5 Å². The maximum absolute atomic E-state index is 12.1. The number of hydrogen-bond acceptors (Lipinski definition) is 4. The number of esters is 1. The van der Waals surface area contributed by atoms with Gasteiger partial charge in [0.25, 0.3) is 0 Å². The molecular weight excluding hydrogens is 254 g/mol. The molecule has 0 unspecified atom stereocenters. The lowest BCUT2D eigenvalue weighted by atomic mass is 10.1. The predicted molar refractivity (Wildman–Crippen MR) is 77.9 cm³/mol. The molecule has 0 saturated heterocycles. The van der Waals surface area contributed by atoms with Crippen molar-refractivity contribution in [2.75, 3.05) is 12.3 Å². The first-order valence-electron chi connectivity index (χ1n) is 6.76. The van der Waals surface area contributed by atoms with Crippen LogP contribution in [0.1, 0.15) is 36.5 Å². The largest absolute Gasteiger partial charge is 0.462 e. The number of nitrogens with zero attached hydrogens (tertiary/aromatic N) is 2. The summed E-state index contributed by atoms with van der Waals surface area (Å²) in [7, 11) is 0. The van der Waals surface area contributed by atoms with Crippen molar-refractivity contribution >= 4 is 11.7 Å². The first kappa shape index (κ1) is 14.1. The van der Waals surface area contributed by atoms with E-state index in [2.05, 4.69) is 11.9 Å². The molecule has 106 valence electrons. The molecule has 0 spiro atoms. The lowest BCUT2D eigenvalue weighted by Crippen LogP contribution is -2.11. The van der Waals surface area contributed by atoms with Crippen molar-refractivity contribution in [3.8, 4) is 5.69 Å². The van der Waals surface area contributed by atoms with E-state index >= 15 is 0 Å². The molecule has 0 fully saturated rings. The highest BCUT2D eigenvalue weighted by molar-refractivity contribution is 5.94. The summed E-state index contributed by atoms with van der Waals surface area (Å²) in [4.78, 5) is 16.4. The molecule has 0 radical (unpaired) electrons. The van der Waals surface area contributed by atoms with Crippen LogP contribution in [0, 0.1) is 0 Å². The van der Waals surface area contributed by atoms with Crippen LogP contribution in [0.5, 0.6) is 0 Å². The minimum absolute atomic E-state index is 0.332. The van der Waals surface area contributed by atoms with Gasteiger partial charge in [-0.1, -0.05) is 6.92 Å². The van der Waals surface area contributed by atoms with Gasteiger partial charge in [-0.3, -0.25) is 0 Å². The summed E-state index contributed by atoms with van der Waals surface area (Å²) in [5.74, 6) is 0.550. The number of anilines is 1. The zero-order valence-electron chi connectivity index (χ0n) is 11.8. The fourth-order valence-electron chi connectivity index (χ4n) is 2.10. The molecule has 1 aromatic carbocycles. The second-order valence-electron chi connectivity index (χ2n) is 4.46. The van der Waals surface area contributed by atoms with Gasteiger partial charge < -0.3 is 15.0 Å². The zero-order valence-corrected chi connectivity index (χ0v) is 11.8. The number of benzene rings is 1. The van der Waals surface area contributed by atoms with Crippen LogP contribution in [0.25, 0.3) is 5.69 Å². The normalized spacial score (nSPS) is 10.5. The van der Waals surface area contributed by atoms with E-state index in [1.165, 1.54) is 0 Å². The fourth-order valence-corrected chi connectivity index (χ4v) is 2.10. The third-order valence-corrected chi connectivity index (χ3v) is 2.97. The topological polar surface area (TPSA) is 70.1 Å². The highest BCUT2D eigenvalue weighted by atomic mass is 16.5. The monoisotopic (exact) mass is 273 g/mol. The molecule has 5 nitrogen and oxygen atoms in total. The number of aryl methyl sites for hydroxylation is 1. The zero-order chi connectivity index (χ0) is 14.5. The first-order chi connectivity index (χ1) is 9.67. The summed E-state index contributed by atoms with van der Waals surface area (Å²) in [5.41, 5.74) is 7.52. The summed E-state index contributed by atoms with van der Waals surface area (Å²) in [5, 5.41) is 0. The van der Waals surface area contributed by atoms with Crippen molar-refractivity contribution in [3.05, 3.63) is 42.0 Å². The van der Waals surface area contributed by atoms with Crippen LogP contribution in [0.4, 0.5) is 5.69 Å². The number of rotatable bonds is 5. The number of carbonyl (C=O) groups excluding carboxylic acids is 1. The van der Waals surface area contributed by atoms with Crippen LogP contribution in [-0.2, 0) is 11.2 Å². The number of aromatic nitrogens is 2. The second kappa shape index (κ2) is 6.23. The van der Waals surface area contributed by atoms with Gasteiger partial charge in [0.1, 0.15) is 5.82 Å². The summed E-state index contributed by atoms with van der Waals surface area (Å²) in [6, 6.07) is 5.24. The maximum atomic E-state index is 12.1. The highest BCUT2D eigenvalue weighted by Crippen LogP contribution is 2.21. The number of hydrogen-bond donors (Lipinski definition) is 1. The molecule has 0 atom stereocenters. The van der Waals surface area contributed by atoms with Gasteiger partial charge in [0.2, 0.25) is 0 Å². The Morgan fingerprint density at radius 3 is 2.90 bits per heavy atom. The Bertz CT molecular complexity index is 605. The van der Waals surface area contributed by atoms with Crippen LogP contribution in [0.3, 0.4) is 0 Å². The Morgan fingerprint density at radius 1 is 1.40 bits per heavy atom. The van der Waals surface area contributed by atoms with Gasteiger partial charge in [-0.15, -0.1) is 0 Å². The van der Waals surface area contributed by atoms with E-state index in [9.17, 15) is 4.79 Å².